The molecular formula is C20H29Cl2N3O2. The highest BCUT2D eigenvalue weighted by atomic mass is 35.5. The molecule has 0 saturated carbocycles. The maximum absolute atomic E-state index is 12.6. The van der Waals surface area contributed by atoms with Gasteiger partial charge in [-0.1, -0.05) is 23.2 Å². The summed E-state index contributed by atoms with van der Waals surface area (Å²) in [5, 5.41) is 3.95. The average molecular weight is 414 g/mol. The molecule has 27 heavy (non-hydrogen) atoms. The van der Waals surface area contributed by atoms with E-state index in [2.05, 4.69) is 15.1 Å². The second-order valence-corrected chi connectivity index (χ2v) is 8.36. The van der Waals surface area contributed by atoms with Crippen molar-refractivity contribution < 1.29 is 9.53 Å². The third kappa shape index (κ3) is 6.06. The molecule has 2 fully saturated rings. The predicted molar refractivity (Wildman–Crippen MR) is 111 cm³/mol. The fourth-order valence-electron chi connectivity index (χ4n) is 3.81. The zero-order valence-corrected chi connectivity index (χ0v) is 17.4. The number of benzene rings is 1. The Kier molecular flexibility index (Phi) is 7.79. The van der Waals surface area contributed by atoms with Crippen molar-refractivity contribution in [1.29, 1.82) is 0 Å². The number of carbonyl (C=O) groups excluding carboxylic acids is 1. The fraction of sp³-hybridized carbons (Fsp3) is 0.650. The zero-order valence-electron chi connectivity index (χ0n) is 15.9. The highest BCUT2D eigenvalue weighted by Crippen LogP contribution is 2.27. The molecule has 1 aromatic rings. The van der Waals surface area contributed by atoms with E-state index in [1.165, 1.54) is 13.0 Å². The van der Waals surface area contributed by atoms with Crippen molar-refractivity contribution in [3.63, 3.8) is 0 Å². The number of halogens is 2. The van der Waals surface area contributed by atoms with Crippen LogP contribution >= 0.6 is 23.2 Å². The molecule has 7 heteroatoms. The first-order valence-electron chi connectivity index (χ1n) is 9.83. The molecule has 150 valence electrons. The number of amides is 1. The molecule has 0 aromatic heterocycles. The molecule has 0 spiro atoms. The van der Waals surface area contributed by atoms with E-state index in [0.29, 0.717) is 15.7 Å². The molecule has 5 nitrogen and oxygen atoms in total. The number of nitrogens with zero attached hydrogens (tertiary/aromatic N) is 2. The number of hydrogen-bond acceptors (Lipinski definition) is 4. The monoisotopic (exact) mass is 413 g/mol. The summed E-state index contributed by atoms with van der Waals surface area (Å²) >= 11 is 12.1. The standard InChI is InChI=1S/C20H29Cl2N3O2/c1-15(20(26)23-19-3-2-17(21)14-18(19)22)25-8-5-16(6-9-25)4-7-24-10-12-27-13-11-24/h2-3,14-16H,4-13H2,1H3,(H,23,26). The lowest BCUT2D eigenvalue weighted by molar-refractivity contribution is -0.121. The quantitative estimate of drug-likeness (QED) is 0.770. The van der Waals surface area contributed by atoms with Crippen LogP contribution in [0.3, 0.4) is 0 Å². The number of carbonyl (C=O) groups is 1. The summed E-state index contributed by atoms with van der Waals surface area (Å²) in [6, 6.07) is 4.95. The van der Waals surface area contributed by atoms with E-state index in [9.17, 15) is 4.79 Å². The summed E-state index contributed by atoms with van der Waals surface area (Å²) in [6.07, 6.45) is 3.56. The number of hydrogen-bond donors (Lipinski definition) is 1. The number of piperidine rings is 1. The predicted octanol–water partition coefficient (Wildman–Crippen LogP) is 3.75. The highest BCUT2D eigenvalue weighted by Gasteiger charge is 2.27. The first kappa shape index (κ1) is 20.9. The molecule has 1 unspecified atom stereocenters. The van der Waals surface area contributed by atoms with Crippen molar-refractivity contribution in [2.45, 2.75) is 32.2 Å². The molecule has 1 aromatic carbocycles. The number of likely N-dealkylation sites (tertiary alicyclic amines) is 1. The Morgan fingerprint density at radius 1 is 1.22 bits per heavy atom. The summed E-state index contributed by atoms with van der Waals surface area (Å²) < 4.78 is 5.41. The number of anilines is 1. The van der Waals surface area contributed by atoms with Crippen molar-refractivity contribution in [1.82, 2.24) is 9.80 Å². The maximum Gasteiger partial charge on any atom is 0.241 e. The van der Waals surface area contributed by atoms with Crippen molar-refractivity contribution in [2.24, 2.45) is 5.92 Å². The van der Waals surface area contributed by atoms with Crippen molar-refractivity contribution in [3.8, 4) is 0 Å². The van der Waals surface area contributed by atoms with E-state index in [0.717, 1.165) is 58.2 Å². The molecule has 1 amide bonds. The first-order chi connectivity index (χ1) is 13.0. The van der Waals surface area contributed by atoms with E-state index >= 15 is 0 Å². The van der Waals surface area contributed by atoms with Crippen LogP contribution < -0.4 is 5.32 Å². The van der Waals surface area contributed by atoms with Crippen molar-refractivity contribution in [2.75, 3.05) is 51.3 Å². The van der Waals surface area contributed by atoms with Crippen LogP contribution in [0.2, 0.25) is 10.0 Å². The molecular weight excluding hydrogens is 385 g/mol. The van der Waals surface area contributed by atoms with E-state index in [4.69, 9.17) is 27.9 Å². The fourth-order valence-corrected chi connectivity index (χ4v) is 4.27. The molecule has 0 radical (unpaired) electrons. The van der Waals surface area contributed by atoms with E-state index < -0.39 is 0 Å². The van der Waals surface area contributed by atoms with E-state index in [1.807, 2.05) is 6.92 Å². The molecule has 1 N–H and O–H groups in total. The highest BCUT2D eigenvalue weighted by molar-refractivity contribution is 6.36. The summed E-state index contributed by atoms with van der Waals surface area (Å²) in [5.41, 5.74) is 0.610. The third-order valence-electron chi connectivity index (χ3n) is 5.72. The van der Waals surface area contributed by atoms with Gasteiger partial charge in [0.1, 0.15) is 0 Å². The van der Waals surface area contributed by atoms with Gasteiger partial charge in [-0.05, 0) is 69.9 Å². The normalized spacial score (nSPS) is 21.1. The van der Waals surface area contributed by atoms with Gasteiger partial charge in [0.15, 0.2) is 0 Å². The van der Waals surface area contributed by atoms with Gasteiger partial charge in [-0.2, -0.15) is 0 Å². The smallest absolute Gasteiger partial charge is 0.241 e. The Balaban J connectivity index is 1.42. The molecule has 3 rings (SSSR count). The van der Waals surface area contributed by atoms with Gasteiger partial charge in [-0.15, -0.1) is 0 Å². The van der Waals surface area contributed by atoms with Crippen LogP contribution in [0.1, 0.15) is 26.2 Å². The van der Waals surface area contributed by atoms with Crippen LogP contribution in [0.15, 0.2) is 18.2 Å². The zero-order chi connectivity index (χ0) is 19.2. The molecule has 2 aliphatic rings. The van der Waals surface area contributed by atoms with Gasteiger partial charge in [0, 0.05) is 18.1 Å². The molecule has 0 aliphatic carbocycles. The Labute approximate surface area is 171 Å². The van der Waals surface area contributed by atoms with E-state index in [-0.39, 0.29) is 11.9 Å². The summed E-state index contributed by atoms with van der Waals surface area (Å²) in [5.74, 6) is 0.732. The minimum atomic E-state index is -0.170. The second-order valence-electron chi connectivity index (χ2n) is 7.51. The van der Waals surface area contributed by atoms with Crippen LogP contribution in [0, 0.1) is 5.92 Å². The van der Waals surface area contributed by atoms with Crippen molar-refractivity contribution in [3.05, 3.63) is 28.2 Å². The molecule has 0 bridgehead atoms. The number of morpholine rings is 1. The SMILES string of the molecule is CC(C(=O)Nc1ccc(Cl)cc1Cl)N1CCC(CCN2CCOCC2)CC1. The Morgan fingerprint density at radius 3 is 2.59 bits per heavy atom. The number of nitrogens with one attached hydrogen (secondary N) is 1. The van der Waals surface area contributed by atoms with Gasteiger partial charge in [-0.3, -0.25) is 14.6 Å². The van der Waals surface area contributed by atoms with E-state index in [1.54, 1.807) is 18.2 Å². The minimum Gasteiger partial charge on any atom is -0.379 e. The number of ether oxygens (including phenoxy) is 1. The van der Waals surface area contributed by atoms with Crippen LogP contribution in [-0.2, 0) is 9.53 Å². The van der Waals surface area contributed by atoms with Crippen LogP contribution in [0.5, 0.6) is 0 Å². The lowest BCUT2D eigenvalue weighted by Crippen LogP contribution is -2.46. The van der Waals surface area contributed by atoms with Crippen LogP contribution in [0.25, 0.3) is 0 Å². The Morgan fingerprint density at radius 2 is 1.93 bits per heavy atom. The number of rotatable bonds is 6. The maximum atomic E-state index is 12.6. The topological polar surface area (TPSA) is 44.8 Å². The largest absolute Gasteiger partial charge is 0.379 e. The molecule has 2 aliphatic heterocycles. The average Bonchev–Trinajstić information content (AvgIpc) is 2.69. The van der Waals surface area contributed by atoms with Gasteiger partial charge >= 0.3 is 0 Å². The van der Waals surface area contributed by atoms with Crippen LogP contribution in [-0.4, -0.2) is 67.7 Å². The van der Waals surface area contributed by atoms with Gasteiger partial charge in [0.25, 0.3) is 0 Å². The Hall–Kier alpha value is -0.850. The molecule has 2 heterocycles. The summed E-state index contributed by atoms with van der Waals surface area (Å²) in [7, 11) is 0. The van der Waals surface area contributed by atoms with Gasteiger partial charge in [0.2, 0.25) is 5.91 Å². The molecule has 2 saturated heterocycles. The minimum absolute atomic E-state index is 0.0222. The third-order valence-corrected chi connectivity index (χ3v) is 6.27. The van der Waals surface area contributed by atoms with Crippen molar-refractivity contribution >= 4 is 34.8 Å². The lowest BCUT2D eigenvalue weighted by Gasteiger charge is -2.36. The second kappa shape index (κ2) is 10.1. The lowest BCUT2D eigenvalue weighted by atomic mass is 9.92. The summed E-state index contributed by atoms with van der Waals surface area (Å²) in [4.78, 5) is 17.4. The van der Waals surface area contributed by atoms with Gasteiger partial charge in [0.05, 0.1) is 30.0 Å². The first-order valence-corrected chi connectivity index (χ1v) is 10.6. The van der Waals surface area contributed by atoms with Crippen LogP contribution in [0.4, 0.5) is 5.69 Å². The van der Waals surface area contributed by atoms with Gasteiger partial charge < -0.3 is 10.1 Å². The molecule has 1 atom stereocenters. The Bertz CT molecular complexity index is 630. The van der Waals surface area contributed by atoms with Gasteiger partial charge in [-0.25, -0.2) is 0 Å². The summed E-state index contributed by atoms with van der Waals surface area (Å²) in [6.45, 7) is 8.91.